The average molecular weight is 280 g/mol. The highest BCUT2D eigenvalue weighted by Crippen LogP contribution is 2.37. The molecule has 1 aromatic carbocycles. The Hall–Kier alpha value is -0.740. The fourth-order valence-corrected chi connectivity index (χ4v) is 2.36. The molecule has 0 atom stereocenters. The smallest absolute Gasteiger partial charge is 0.248 e. The van der Waals surface area contributed by atoms with Crippen LogP contribution in [0.4, 0.5) is 13.2 Å². The summed E-state index contributed by atoms with van der Waals surface area (Å²) in [6, 6.07) is 6.20. The van der Waals surface area contributed by atoms with Crippen molar-refractivity contribution in [3.05, 3.63) is 35.6 Å². The first-order chi connectivity index (χ1) is 7.89. The Morgan fingerprint density at radius 2 is 1.50 bits per heavy atom. The predicted molar refractivity (Wildman–Crippen MR) is 59.1 cm³/mol. The van der Waals surface area contributed by atoms with Gasteiger partial charge in [-0.15, -0.1) is 0 Å². The second kappa shape index (κ2) is 5.49. The van der Waals surface area contributed by atoms with Crippen LogP contribution < -0.4 is 18.1 Å². The van der Waals surface area contributed by atoms with Crippen LogP contribution in [-0.2, 0) is 6.42 Å². The lowest BCUT2D eigenvalue weighted by Gasteiger charge is -2.34. The topological polar surface area (TPSA) is 27.6 Å². The maximum atomic E-state index is 13.1. The molecular formula is C13H17ClF3N. The van der Waals surface area contributed by atoms with E-state index >= 15 is 0 Å². The molecule has 1 fully saturated rings. The Bertz CT molecular complexity index is 382. The van der Waals surface area contributed by atoms with Crippen molar-refractivity contribution in [3.63, 3.8) is 0 Å². The van der Waals surface area contributed by atoms with Gasteiger partial charge in [-0.3, -0.25) is 0 Å². The number of benzene rings is 1. The molecule has 0 saturated heterocycles. The first kappa shape index (κ1) is 15.3. The van der Waals surface area contributed by atoms with Gasteiger partial charge in [0.2, 0.25) is 5.92 Å². The molecule has 1 nitrogen and oxygen atoms in total. The molecule has 0 aromatic heterocycles. The van der Waals surface area contributed by atoms with E-state index in [-0.39, 0.29) is 36.6 Å². The maximum absolute atomic E-state index is 13.1. The Balaban J connectivity index is 0.00000162. The van der Waals surface area contributed by atoms with E-state index in [9.17, 15) is 13.2 Å². The van der Waals surface area contributed by atoms with Gasteiger partial charge < -0.3 is 18.1 Å². The lowest BCUT2D eigenvalue weighted by atomic mass is 9.77. The SMILES string of the molecule is [Cl-].[NH3+]C1(Cc2ccc(F)cc2)CCC(F)(F)CC1. The molecule has 102 valence electrons. The molecule has 0 heterocycles. The van der Waals surface area contributed by atoms with Crippen LogP contribution in [0.15, 0.2) is 24.3 Å². The minimum atomic E-state index is -2.52. The van der Waals surface area contributed by atoms with Gasteiger partial charge >= 0.3 is 0 Å². The maximum Gasteiger partial charge on any atom is 0.248 e. The molecule has 0 spiro atoms. The summed E-state index contributed by atoms with van der Waals surface area (Å²) in [5.74, 6) is -2.80. The minimum Gasteiger partial charge on any atom is -1.00 e. The van der Waals surface area contributed by atoms with Crippen LogP contribution in [0.5, 0.6) is 0 Å². The van der Waals surface area contributed by atoms with E-state index in [1.54, 1.807) is 12.1 Å². The van der Waals surface area contributed by atoms with Crippen molar-refractivity contribution in [2.45, 2.75) is 43.6 Å². The highest BCUT2D eigenvalue weighted by Gasteiger charge is 2.43. The van der Waals surface area contributed by atoms with E-state index in [1.807, 2.05) is 0 Å². The first-order valence-corrected chi connectivity index (χ1v) is 5.86. The summed E-state index contributed by atoms with van der Waals surface area (Å²) in [7, 11) is 0. The molecule has 0 bridgehead atoms. The molecule has 0 radical (unpaired) electrons. The van der Waals surface area contributed by atoms with Crippen molar-refractivity contribution in [2.75, 3.05) is 0 Å². The predicted octanol–water partition coefficient (Wildman–Crippen LogP) is -0.438. The molecule has 2 rings (SSSR count). The summed E-state index contributed by atoms with van der Waals surface area (Å²) in [5, 5.41) is 0. The third-order valence-electron chi connectivity index (χ3n) is 3.53. The van der Waals surface area contributed by atoms with E-state index in [0.29, 0.717) is 19.3 Å². The van der Waals surface area contributed by atoms with Gasteiger partial charge in [-0.25, -0.2) is 13.2 Å². The average Bonchev–Trinajstić information content (AvgIpc) is 2.27. The summed E-state index contributed by atoms with van der Waals surface area (Å²) >= 11 is 0. The summed E-state index contributed by atoms with van der Waals surface area (Å²) < 4.78 is 38.9. The second-order valence-corrected chi connectivity index (χ2v) is 5.16. The Kier molecular flexibility index (Phi) is 4.67. The van der Waals surface area contributed by atoms with Crippen LogP contribution in [0.2, 0.25) is 0 Å². The standard InChI is InChI=1S/C13H16F3N.ClH/c14-11-3-1-10(2-4-11)9-12(17)5-7-13(15,16)8-6-12;/h1-4H,5-9,17H2;1H. The molecule has 0 amide bonds. The van der Waals surface area contributed by atoms with Gasteiger partial charge in [0.15, 0.2) is 0 Å². The highest BCUT2D eigenvalue weighted by molar-refractivity contribution is 5.18. The van der Waals surface area contributed by atoms with Crippen molar-refractivity contribution in [2.24, 2.45) is 0 Å². The summed E-state index contributed by atoms with van der Waals surface area (Å²) in [4.78, 5) is 0. The number of halogens is 4. The van der Waals surface area contributed by atoms with Crippen molar-refractivity contribution >= 4 is 0 Å². The number of hydrogen-bond donors (Lipinski definition) is 1. The van der Waals surface area contributed by atoms with Gasteiger partial charge in [0.1, 0.15) is 5.82 Å². The quantitative estimate of drug-likeness (QED) is 0.760. The summed E-state index contributed by atoms with van der Waals surface area (Å²) in [6.07, 6.45) is 1.33. The zero-order valence-electron chi connectivity index (χ0n) is 10.1. The summed E-state index contributed by atoms with van der Waals surface area (Å²) in [5.41, 5.74) is 4.73. The van der Waals surface area contributed by atoms with Crippen LogP contribution in [0.3, 0.4) is 0 Å². The molecule has 1 saturated carbocycles. The zero-order chi connectivity index (χ0) is 12.5. The van der Waals surface area contributed by atoms with Crippen LogP contribution in [0.25, 0.3) is 0 Å². The van der Waals surface area contributed by atoms with Gasteiger partial charge in [0.05, 0.1) is 5.54 Å². The molecule has 1 aromatic rings. The van der Waals surface area contributed by atoms with E-state index in [1.165, 1.54) is 12.1 Å². The monoisotopic (exact) mass is 279 g/mol. The van der Waals surface area contributed by atoms with Gasteiger partial charge in [-0.2, -0.15) is 0 Å². The lowest BCUT2D eigenvalue weighted by molar-refractivity contribution is -0.488. The molecule has 0 aliphatic heterocycles. The van der Waals surface area contributed by atoms with Crippen LogP contribution in [0.1, 0.15) is 31.2 Å². The van der Waals surface area contributed by atoms with Gasteiger partial charge in [0.25, 0.3) is 0 Å². The Morgan fingerprint density at radius 1 is 1.00 bits per heavy atom. The van der Waals surface area contributed by atoms with Gasteiger partial charge in [0, 0.05) is 32.1 Å². The van der Waals surface area contributed by atoms with E-state index < -0.39 is 5.92 Å². The van der Waals surface area contributed by atoms with E-state index in [4.69, 9.17) is 0 Å². The highest BCUT2D eigenvalue weighted by atomic mass is 35.5. The van der Waals surface area contributed by atoms with Gasteiger partial charge in [-0.1, -0.05) is 12.1 Å². The molecule has 1 aliphatic carbocycles. The Morgan fingerprint density at radius 3 is 2.00 bits per heavy atom. The Labute approximate surface area is 111 Å². The van der Waals surface area contributed by atoms with E-state index in [0.717, 1.165) is 5.56 Å². The molecular weight excluding hydrogens is 263 g/mol. The normalized spacial score (nSPS) is 21.1. The molecule has 0 unspecified atom stereocenters. The fourth-order valence-electron chi connectivity index (χ4n) is 2.36. The molecule has 1 aliphatic rings. The van der Waals surface area contributed by atoms with Crippen LogP contribution in [-0.4, -0.2) is 11.5 Å². The van der Waals surface area contributed by atoms with Crippen molar-refractivity contribution in [1.29, 1.82) is 0 Å². The van der Waals surface area contributed by atoms with Crippen molar-refractivity contribution in [1.82, 2.24) is 0 Å². The minimum absolute atomic E-state index is 0. The third-order valence-corrected chi connectivity index (χ3v) is 3.53. The molecule has 5 heteroatoms. The van der Waals surface area contributed by atoms with E-state index in [2.05, 4.69) is 5.73 Å². The second-order valence-electron chi connectivity index (χ2n) is 5.16. The number of quaternary nitrogens is 1. The van der Waals surface area contributed by atoms with Crippen molar-refractivity contribution < 1.29 is 31.3 Å². The first-order valence-electron chi connectivity index (χ1n) is 5.86. The van der Waals surface area contributed by atoms with Crippen LogP contribution in [0, 0.1) is 5.82 Å². The van der Waals surface area contributed by atoms with Crippen molar-refractivity contribution in [3.8, 4) is 0 Å². The largest absolute Gasteiger partial charge is 1.00 e. The number of alkyl halides is 2. The van der Waals surface area contributed by atoms with Gasteiger partial charge in [-0.05, 0) is 17.7 Å². The fraction of sp³-hybridized carbons (Fsp3) is 0.538. The lowest BCUT2D eigenvalue weighted by Crippen LogP contribution is -3.00. The zero-order valence-corrected chi connectivity index (χ0v) is 10.8. The molecule has 18 heavy (non-hydrogen) atoms. The molecule has 3 N–H and O–H groups in total. The number of rotatable bonds is 2. The summed E-state index contributed by atoms with van der Waals surface area (Å²) in [6.45, 7) is 0. The number of hydrogen-bond acceptors (Lipinski definition) is 0. The van der Waals surface area contributed by atoms with Crippen LogP contribution >= 0.6 is 0 Å². The third kappa shape index (κ3) is 3.89.